The molecule has 0 fully saturated rings. The monoisotopic (exact) mass is 598 g/mol. The minimum Gasteiger partial charge on any atom is -0.462 e. The molecule has 4 rings (SSSR count). The molecule has 4 nitrogen and oxygen atoms in total. The smallest absolute Gasteiger partial charge is 0.339 e. The molecule has 0 radical (unpaired) electrons. The summed E-state index contributed by atoms with van der Waals surface area (Å²) in [6, 6.07) is 11.7. The number of benzene rings is 1. The number of hydrogen-bond donors (Lipinski definition) is 0. The molecule has 0 saturated carbocycles. The molecule has 0 bridgehead atoms. The lowest BCUT2D eigenvalue weighted by atomic mass is 10.0. The van der Waals surface area contributed by atoms with Crippen LogP contribution in [0.1, 0.15) is 34.6 Å². The first-order valence-electron chi connectivity index (χ1n) is 9.39. The van der Waals surface area contributed by atoms with E-state index in [1.807, 2.05) is 12.1 Å². The highest BCUT2D eigenvalue weighted by Gasteiger charge is 2.25. The Hall–Kier alpha value is -1.52. The number of carbonyl (C=O) groups is 2. The summed E-state index contributed by atoms with van der Waals surface area (Å²) >= 11 is 12.0. The molecule has 1 aromatic carbocycles. The van der Waals surface area contributed by atoms with Crippen LogP contribution in [0.15, 0.2) is 44.0 Å². The number of halogens is 2. The Kier molecular flexibility index (Phi) is 6.98. The third-order valence-electron chi connectivity index (χ3n) is 4.44. The van der Waals surface area contributed by atoms with Crippen LogP contribution < -0.4 is 0 Å². The van der Waals surface area contributed by atoms with Gasteiger partial charge < -0.3 is 9.47 Å². The number of carbonyl (C=O) groups excluding carboxylic acids is 2. The minimum atomic E-state index is -0.530. The van der Waals surface area contributed by atoms with Crippen LogP contribution in [-0.4, -0.2) is 25.2 Å². The van der Waals surface area contributed by atoms with Gasteiger partial charge in [0.15, 0.2) is 0 Å². The Labute approximate surface area is 208 Å². The fourth-order valence-corrected chi connectivity index (χ4v) is 7.46. The van der Waals surface area contributed by atoms with Gasteiger partial charge in [-0.1, -0.05) is 0 Å². The molecule has 0 atom stereocenters. The van der Waals surface area contributed by atoms with Crippen molar-refractivity contribution in [2.75, 3.05) is 13.2 Å². The number of esters is 2. The van der Waals surface area contributed by atoms with Gasteiger partial charge in [0.25, 0.3) is 0 Å². The van der Waals surface area contributed by atoms with Crippen LogP contribution in [0.2, 0.25) is 0 Å². The predicted octanol–water partition coefficient (Wildman–Crippen LogP) is 8.24. The maximum Gasteiger partial charge on any atom is 0.339 e. The van der Waals surface area contributed by atoms with Gasteiger partial charge in [0.2, 0.25) is 0 Å². The van der Waals surface area contributed by atoms with E-state index in [0.29, 0.717) is 0 Å². The zero-order chi connectivity index (χ0) is 22.1. The molecular weight excluding hydrogens is 584 g/mol. The van der Waals surface area contributed by atoms with Crippen LogP contribution in [0, 0.1) is 0 Å². The van der Waals surface area contributed by atoms with Crippen molar-refractivity contribution >= 4 is 88.6 Å². The molecule has 3 aromatic heterocycles. The Bertz CT molecular complexity index is 1190. The highest BCUT2D eigenvalue weighted by atomic mass is 79.9. The molecule has 0 saturated heterocycles. The molecule has 0 unspecified atom stereocenters. The summed E-state index contributed by atoms with van der Waals surface area (Å²) < 4.78 is 12.5. The van der Waals surface area contributed by atoms with Gasteiger partial charge in [0.1, 0.15) is 0 Å². The third-order valence-corrected chi connectivity index (χ3v) is 9.26. The highest BCUT2D eigenvalue weighted by Crippen LogP contribution is 2.49. The first-order chi connectivity index (χ1) is 14.9. The Morgan fingerprint density at radius 2 is 1.16 bits per heavy atom. The number of fused-ring (bicyclic) bond motifs is 1. The molecule has 0 amide bonds. The number of ether oxygens (including phenoxy) is 2. The lowest BCUT2D eigenvalue weighted by Crippen LogP contribution is -2.14. The summed E-state index contributed by atoms with van der Waals surface area (Å²) in [6.07, 6.45) is 0. The molecule has 160 valence electrons. The molecule has 0 spiro atoms. The average Bonchev–Trinajstić information content (AvgIpc) is 3.45. The van der Waals surface area contributed by atoms with E-state index in [9.17, 15) is 9.59 Å². The molecule has 31 heavy (non-hydrogen) atoms. The van der Waals surface area contributed by atoms with Gasteiger partial charge in [-0.15, -0.1) is 34.0 Å². The Morgan fingerprint density at radius 1 is 0.742 bits per heavy atom. The van der Waals surface area contributed by atoms with E-state index in [0.717, 1.165) is 37.9 Å². The van der Waals surface area contributed by atoms with Gasteiger partial charge in [-0.2, -0.15) is 0 Å². The van der Waals surface area contributed by atoms with Crippen molar-refractivity contribution in [3.05, 3.63) is 55.1 Å². The Balaban J connectivity index is 2.03. The zero-order valence-electron chi connectivity index (χ0n) is 16.5. The maximum absolute atomic E-state index is 12.7. The SMILES string of the molecule is CCOC(=O)c1cc2c(-c3ccc(Br)s3)sc(-c3ccc(Br)s3)c2cc1C(=O)OCC. The largest absolute Gasteiger partial charge is 0.462 e. The molecule has 3 heterocycles. The summed E-state index contributed by atoms with van der Waals surface area (Å²) in [5.74, 6) is -1.06. The number of hydrogen-bond acceptors (Lipinski definition) is 7. The van der Waals surface area contributed by atoms with Crippen molar-refractivity contribution in [2.45, 2.75) is 13.8 Å². The van der Waals surface area contributed by atoms with Gasteiger partial charge in [-0.05, 0) is 82.1 Å². The van der Waals surface area contributed by atoms with Crippen molar-refractivity contribution in [3.8, 4) is 19.5 Å². The highest BCUT2D eigenvalue weighted by molar-refractivity contribution is 9.11. The van der Waals surface area contributed by atoms with E-state index >= 15 is 0 Å². The van der Waals surface area contributed by atoms with Crippen LogP contribution >= 0.6 is 65.9 Å². The molecule has 9 heteroatoms. The van der Waals surface area contributed by atoms with Gasteiger partial charge in [0, 0.05) is 20.5 Å². The number of thiophene rings is 3. The van der Waals surface area contributed by atoms with Gasteiger partial charge in [0.05, 0.1) is 41.7 Å². The van der Waals surface area contributed by atoms with Crippen molar-refractivity contribution in [1.29, 1.82) is 0 Å². The van der Waals surface area contributed by atoms with Crippen molar-refractivity contribution in [2.24, 2.45) is 0 Å². The van der Waals surface area contributed by atoms with Crippen LogP contribution in [0.25, 0.3) is 30.3 Å². The van der Waals surface area contributed by atoms with Crippen molar-refractivity contribution in [3.63, 3.8) is 0 Å². The fraction of sp³-hybridized carbons (Fsp3) is 0.182. The molecule has 0 aliphatic heterocycles. The van der Waals surface area contributed by atoms with Crippen LogP contribution in [0.3, 0.4) is 0 Å². The Morgan fingerprint density at radius 3 is 1.48 bits per heavy atom. The van der Waals surface area contributed by atoms with E-state index in [1.165, 1.54) is 0 Å². The van der Waals surface area contributed by atoms with Crippen LogP contribution in [-0.2, 0) is 9.47 Å². The van der Waals surface area contributed by atoms with Crippen LogP contribution in [0.5, 0.6) is 0 Å². The predicted molar refractivity (Wildman–Crippen MR) is 136 cm³/mol. The first kappa shape index (κ1) is 22.7. The second-order valence-corrected chi connectivity index (χ2v) is 12.3. The van der Waals surface area contributed by atoms with E-state index in [1.54, 1.807) is 60.0 Å². The lowest BCUT2D eigenvalue weighted by molar-refractivity contribution is 0.0479. The molecular formula is C22H16Br2O4S3. The number of rotatable bonds is 6. The average molecular weight is 600 g/mol. The summed E-state index contributed by atoms with van der Waals surface area (Å²) in [7, 11) is 0. The summed E-state index contributed by atoms with van der Waals surface area (Å²) in [6.45, 7) is 3.93. The second-order valence-electron chi connectivity index (χ2n) is 6.35. The minimum absolute atomic E-state index is 0.224. The maximum atomic E-state index is 12.7. The standard InChI is InChI=1S/C22H16Br2O4S3/c1-3-27-21(25)13-9-11-12(10-14(13)22(26)28-4-2)20(16-6-8-18(24)30-16)31-19(11)15-5-7-17(23)29-15/h5-10H,3-4H2,1-2H3. The van der Waals surface area contributed by atoms with E-state index in [2.05, 4.69) is 44.0 Å². The van der Waals surface area contributed by atoms with E-state index < -0.39 is 11.9 Å². The normalized spacial score (nSPS) is 11.1. The molecule has 0 N–H and O–H groups in total. The van der Waals surface area contributed by atoms with Crippen molar-refractivity contribution < 1.29 is 19.1 Å². The first-order valence-corrected chi connectivity index (χ1v) is 13.4. The summed E-state index contributed by atoms with van der Waals surface area (Å²) in [5, 5.41) is 1.82. The topological polar surface area (TPSA) is 52.6 Å². The summed E-state index contributed by atoms with van der Waals surface area (Å²) in [5.41, 5.74) is 0.447. The van der Waals surface area contributed by atoms with Gasteiger partial charge >= 0.3 is 11.9 Å². The quantitative estimate of drug-likeness (QED) is 0.209. The zero-order valence-corrected chi connectivity index (χ0v) is 22.1. The lowest BCUT2D eigenvalue weighted by Gasteiger charge is -2.10. The second kappa shape index (κ2) is 9.54. The summed E-state index contributed by atoms with van der Waals surface area (Å²) in [4.78, 5) is 29.7. The third kappa shape index (κ3) is 4.52. The van der Waals surface area contributed by atoms with Crippen molar-refractivity contribution in [1.82, 2.24) is 0 Å². The van der Waals surface area contributed by atoms with Gasteiger partial charge in [-0.3, -0.25) is 0 Å². The molecule has 0 aliphatic rings. The van der Waals surface area contributed by atoms with E-state index in [-0.39, 0.29) is 24.3 Å². The molecule has 0 aliphatic carbocycles. The van der Waals surface area contributed by atoms with Crippen LogP contribution in [0.4, 0.5) is 0 Å². The van der Waals surface area contributed by atoms with E-state index in [4.69, 9.17) is 9.47 Å². The fourth-order valence-electron chi connectivity index (χ4n) is 3.18. The van der Waals surface area contributed by atoms with Gasteiger partial charge in [-0.25, -0.2) is 9.59 Å². The molecule has 4 aromatic rings.